The van der Waals surface area contributed by atoms with E-state index in [1.54, 1.807) is 0 Å². The summed E-state index contributed by atoms with van der Waals surface area (Å²) < 4.78 is 0. The van der Waals surface area contributed by atoms with Crippen molar-refractivity contribution in [3.63, 3.8) is 0 Å². The van der Waals surface area contributed by atoms with Gasteiger partial charge in [0.05, 0.1) is 17.0 Å². The number of pyridine rings is 1. The molecule has 3 N–H and O–H groups in total. The van der Waals surface area contributed by atoms with Crippen LogP contribution in [0.15, 0.2) is 30.3 Å². The van der Waals surface area contributed by atoms with Crippen molar-refractivity contribution >= 4 is 22.8 Å². The number of fused-ring (bicyclic) bond motifs is 1. The highest BCUT2D eigenvalue weighted by Gasteiger charge is 2.21. The van der Waals surface area contributed by atoms with Crippen molar-refractivity contribution in [2.45, 2.75) is 39.3 Å². The van der Waals surface area contributed by atoms with Gasteiger partial charge in [-0.3, -0.25) is 4.90 Å². The first kappa shape index (κ1) is 19.1. The van der Waals surface area contributed by atoms with Crippen molar-refractivity contribution in [3.05, 3.63) is 52.7 Å². The molecule has 0 atom stereocenters. The minimum absolute atomic E-state index is 0.292. The first-order chi connectivity index (χ1) is 14.0. The zero-order chi connectivity index (χ0) is 20.4. The number of nitrogens with one attached hydrogen (secondary N) is 1. The van der Waals surface area contributed by atoms with Crippen LogP contribution < -0.4 is 11.1 Å². The number of anilines is 2. The average Bonchev–Trinajstić information content (AvgIpc) is 2.69. The van der Waals surface area contributed by atoms with E-state index in [2.05, 4.69) is 31.2 Å². The molecule has 1 aromatic carbocycles. The molecule has 1 aliphatic rings. The quantitative estimate of drug-likeness (QED) is 0.708. The molecule has 0 bridgehead atoms. The number of piperidine rings is 1. The van der Waals surface area contributed by atoms with Crippen LogP contribution in [-0.2, 0) is 6.54 Å². The van der Waals surface area contributed by atoms with Crippen LogP contribution in [0, 0.1) is 25.2 Å². The van der Waals surface area contributed by atoms with Crippen molar-refractivity contribution in [1.29, 1.82) is 5.26 Å². The molecule has 148 valence electrons. The van der Waals surface area contributed by atoms with Gasteiger partial charge in [-0.25, -0.2) is 4.98 Å². The molecule has 1 saturated heterocycles. The summed E-state index contributed by atoms with van der Waals surface area (Å²) in [5.74, 6) is 1.01. The maximum atomic E-state index is 9.28. The number of likely N-dealkylation sites (tertiary alicyclic amines) is 1. The van der Waals surface area contributed by atoms with E-state index in [9.17, 15) is 5.26 Å². The van der Waals surface area contributed by atoms with Crippen LogP contribution in [-0.4, -0.2) is 39.0 Å². The number of hydrogen-bond donors (Lipinski definition) is 2. The summed E-state index contributed by atoms with van der Waals surface area (Å²) in [6.07, 6.45) is 1.96. The van der Waals surface area contributed by atoms with Crippen LogP contribution in [0.25, 0.3) is 11.0 Å². The Morgan fingerprint density at radius 1 is 1.17 bits per heavy atom. The molecule has 3 aromatic rings. The van der Waals surface area contributed by atoms with E-state index in [1.807, 2.05) is 44.2 Å². The second-order valence-electron chi connectivity index (χ2n) is 7.68. The van der Waals surface area contributed by atoms with E-state index >= 15 is 0 Å². The van der Waals surface area contributed by atoms with Gasteiger partial charge in [0, 0.05) is 31.4 Å². The van der Waals surface area contributed by atoms with Crippen LogP contribution >= 0.6 is 0 Å². The van der Waals surface area contributed by atoms with Gasteiger partial charge in [0.25, 0.3) is 0 Å². The van der Waals surface area contributed by atoms with E-state index in [4.69, 9.17) is 5.73 Å². The molecular weight excluding hydrogens is 362 g/mol. The second kappa shape index (κ2) is 8.02. The lowest BCUT2D eigenvalue weighted by Gasteiger charge is -2.32. The monoisotopic (exact) mass is 387 g/mol. The Labute approximate surface area is 170 Å². The third-order valence-corrected chi connectivity index (χ3v) is 5.47. The summed E-state index contributed by atoms with van der Waals surface area (Å²) in [4.78, 5) is 16.0. The Hall–Kier alpha value is -3.24. The molecule has 29 heavy (non-hydrogen) atoms. The van der Waals surface area contributed by atoms with Crippen LogP contribution in [0.5, 0.6) is 0 Å². The predicted molar refractivity (Wildman–Crippen MR) is 114 cm³/mol. The van der Waals surface area contributed by atoms with Gasteiger partial charge in [0.2, 0.25) is 5.95 Å². The smallest absolute Gasteiger partial charge is 0.226 e. The topological polar surface area (TPSA) is 104 Å². The number of benzene rings is 1. The van der Waals surface area contributed by atoms with Crippen LogP contribution in [0.1, 0.15) is 35.2 Å². The summed E-state index contributed by atoms with van der Waals surface area (Å²) in [5.41, 5.74) is 10.6. The molecule has 4 rings (SSSR count). The number of aromatic nitrogens is 3. The van der Waals surface area contributed by atoms with Gasteiger partial charge in [0.15, 0.2) is 5.65 Å². The predicted octanol–water partition coefficient (Wildman–Crippen LogP) is 3.17. The molecular formula is C22H25N7. The van der Waals surface area contributed by atoms with Crippen molar-refractivity contribution in [2.24, 2.45) is 0 Å². The lowest BCUT2D eigenvalue weighted by atomic mass is 10.0. The number of nitriles is 1. The molecule has 7 heteroatoms. The Morgan fingerprint density at radius 3 is 2.69 bits per heavy atom. The minimum Gasteiger partial charge on any atom is -0.383 e. The summed E-state index contributed by atoms with van der Waals surface area (Å²) in [5, 5.41) is 13.5. The Kier molecular flexibility index (Phi) is 5.28. The number of rotatable bonds is 4. The summed E-state index contributed by atoms with van der Waals surface area (Å²) in [6, 6.07) is 12.4. The largest absolute Gasteiger partial charge is 0.383 e. The first-order valence-electron chi connectivity index (χ1n) is 9.92. The molecule has 0 spiro atoms. The molecule has 0 radical (unpaired) electrons. The molecule has 0 aliphatic carbocycles. The van der Waals surface area contributed by atoms with E-state index in [1.165, 1.54) is 0 Å². The number of nitrogens with two attached hydrogens (primary N) is 1. The zero-order valence-electron chi connectivity index (χ0n) is 16.8. The van der Waals surface area contributed by atoms with E-state index in [0.29, 0.717) is 23.5 Å². The fraction of sp³-hybridized carbons (Fsp3) is 0.364. The second-order valence-corrected chi connectivity index (χ2v) is 7.68. The number of hydrogen-bond acceptors (Lipinski definition) is 7. The summed E-state index contributed by atoms with van der Waals surface area (Å²) in [7, 11) is 0. The highest BCUT2D eigenvalue weighted by Crippen LogP contribution is 2.24. The maximum absolute atomic E-state index is 9.28. The fourth-order valence-electron chi connectivity index (χ4n) is 4.00. The van der Waals surface area contributed by atoms with Gasteiger partial charge in [-0.1, -0.05) is 18.2 Å². The van der Waals surface area contributed by atoms with Crippen molar-refractivity contribution in [3.8, 4) is 6.07 Å². The zero-order valence-corrected chi connectivity index (χ0v) is 16.8. The highest BCUT2D eigenvalue weighted by molar-refractivity contribution is 5.89. The standard InChI is InChI=1S/C22H25N7/c1-14-11-15(2)25-21-19(14)20(24)27-22(28-21)26-18-7-9-29(10-8-18)13-17-6-4-3-5-16(17)12-23/h3-6,11,18H,7-10,13H2,1-2H3,(H3,24,25,26,27,28). The van der Waals surface area contributed by atoms with Gasteiger partial charge in [-0.2, -0.15) is 15.2 Å². The SMILES string of the molecule is Cc1cc(C)c2c(N)nc(NC3CCN(Cc4ccccc4C#N)CC3)nc2n1. The summed E-state index contributed by atoms with van der Waals surface area (Å²) in [6.45, 7) is 6.67. The van der Waals surface area contributed by atoms with Gasteiger partial charge in [-0.15, -0.1) is 0 Å². The van der Waals surface area contributed by atoms with Crippen molar-refractivity contribution < 1.29 is 0 Å². The molecule has 1 aliphatic heterocycles. The van der Waals surface area contributed by atoms with Crippen molar-refractivity contribution in [2.75, 3.05) is 24.1 Å². The number of nitrogens with zero attached hydrogens (tertiary/aromatic N) is 5. The Bertz CT molecular complexity index is 1080. The van der Waals surface area contributed by atoms with Crippen molar-refractivity contribution in [1.82, 2.24) is 19.9 Å². The van der Waals surface area contributed by atoms with Crippen LogP contribution in [0.4, 0.5) is 11.8 Å². The average molecular weight is 387 g/mol. The molecule has 0 amide bonds. The Balaban J connectivity index is 1.42. The highest BCUT2D eigenvalue weighted by atomic mass is 15.2. The van der Waals surface area contributed by atoms with Gasteiger partial charge in [0.1, 0.15) is 5.82 Å². The number of aryl methyl sites for hydroxylation is 2. The number of nitrogen functional groups attached to an aromatic ring is 1. The van der Waals surface area contributed by atoms with Crippen LogP contribution in [0.3, 0.4) is 0 Å². The Morgan fingerprint density at radius 2 is 1.93 bits per heavy atom. The minimum atomic E-state index is 0.292. The first-order valence-corrected chi connectivity index (χ1v) is 9.92. The molecule has 7 nitrogen and oxygen atoms in total. The van der Waals surface area contributed by atoms with Crippen LogP contribution in [0.2, 0.25) is 0 Å². The molecule has 0 saturated carbocycles. The summed E-state index contributed by atoms with van der Waals surface area (Å²) >= 11 is 0. The third kappa shape index (κ3) is 4.13. The maximum Gasteiger partial charge on any atom is 0.226 e. The lowest BCUT2D eigenvalue weighted by Crippen LogP contribution is -2.39. The molecule has 1 fully saturated rings. The molecule has 3 heterocycles. The molecule has 0 unspecified atom stereocenters. The molecule has 2 aromatic heterocycles. The van der Waals surface area contributed by atoms with E-state index < -0.39 is 0 Å². The van der Waals surface area contributed by atoms with Gasteiger partial charge < -0.3 is 11.1 Å². The van der Waals surface area contributed by atoms with E-state index in [-0.39, 0.29) is 0 Å². The van der Waals surface area contributed by atoms with E-state index in [0.717, 1.165) is 60.2 Å². The lowest BCUT2D eigenvalue weighted by molar-refractivity contribution is 0.211. The van der Waals surface area contributed by atoms with Gasteiger partial charge in [-0.05, 0) is 49.9 Å². The fourth-order valence-corrected chi connectivity index (χ4v) is 4.00. The van der Waals surface area contributed by atoms with Gasteiger partial charge >= 0.3 is 0 Å². The normalized spacial score (nSPS) is 15.3. The third-order valence-electron chi connectivity index (χ3n) is 5.47.